The molecule has 15 nitrogen and oxygen atoms in total. The molecule has 2 atom stereocenters. The molecule has 3 N–H and O–H groups in total. The van der Waals surface area contributed by atoms with Gasteiger partial charge in [-0.1, -0.05) is 28.5 Å². The first kappa shape index (κ1) is 31.1. The number of thioether (sulfide) groups is 2. The van der Waals surface area contributed by atoms with E-state index in [2.05, 4.69) is 26.0 Å². The molecule has 2 amide bonds. The highest BCUT2D eigenvalue weighted by Crippen LogP contribution is 2.41. The molecule has 1 aromatic heterocycles. The Hall–Kier alpha value is -3.83. The third-order valence-corrected chi connectivity index (χ3v) is 8.43. The van der Waals surface area contributed by atoms with Gasteiger partial charge in [-0.3, -0.25) is 14.5 Å². The number of oxime groups is 1. The molecule has 3 heterocycles. The van der Waals surface area contributed by atoms with Crippen LogP contribution in [0.4, 0.5) is 0 Å². The standard InChI is InChI=1S/C24H26ClN7O8S2/c1-24(2,3)40-15(34)8-39-28-16(11-5-6-14(33)13(25)7-11)19(35)26-17-20(36)32-18(22(37)38)12(9-41-21(17)32)10-42-23-27-29-30-31(23)4/h5-7,17,21,33H,8-10H2,1-4H3,(H,26,35)(H,37,38)/b28-16-/t17?,21-/m1/s1. The van der Waals surface area contributed by atoms with Crippen LogP contribution in [0, 0.1) is 0 Å². The number of halogens is 1. The van der Waals surface area contributed by atoms with Crippen LogP contribution in [0.5, 0.6) is 5.75 Å². The van der Waals surface area contributed by atoms with Gasteiger partial charge in [0.05, 0.1) is 5.02 Å². The number of carbonyl (C=O) groups is 4. The van der Waals surface area contributed by atoms with Crippen molar-refractivity contribution in [2.75, 3.05) is 18.1 Å². The summed E-state index contributed by atoms with van der Waals surface area (Å²) < 4.78 is 6.61. The van der Waals surface area contributed by atoms with Crippen molar-refractivity contribution in [2.24, 2.45) is 12.2 Å². The van der Waals surface area contributed by atoms with Gasteiger partial charge < -0.3 is 25.1 Å². The fourth-order valence-corrected chi connectivity index (χ4v) is 6.41. The second-order valence-electron chi connectivity index (χ2n) is 9.96. The molecular weight excluding hydrogens is 614 g/mol. The van der Waals surface area contributed by atoms with Crippen LogP contribution < -0.4 is 5.32 Å². The van der Waals surface area contributed by atoms with Crippen LogP contribution in [0.2, 0.25) is 5.02 Å². The number of tetrazole rings is 1. The van der Waals surface area contributed by atoms with E-state index in [1.54, 1.807) is 27.8 Å². The number of rotatable bonds is 10. The number of aliphatic carboxylic acids is 1. The molecule has 0 saturated carbocycles. The van der Waals surface area contributed by atoms with Crippen molar-refractivity contribution in [3.8, 4) is 5.75 Å². The average molecular weight is 640 g/mol. The molecule has 1 saturated heterocycles. The lowest BCUT2D eigenvalue weighted by atomic mass is 10.0. The maximum Gasteiger partial charge on any atom is 0.352 e. The van der Waals surface area contributed by atoms with Crippen LogP contribution in [0.3, 0.4) is 0 Å². The lowest BCUT2D eigenvalue weighted by molar-refractivity contribution is -0.160. The number of aromatic hydroxyl groups is 1. The van der Waals surface area contributed by atoms with Crippen LogP contribution in [0.15, 0.2) is 39.8 Å². The number of phenolic OH excluding ortho intramolecular Hbond substituents is 1. The van der Waals surface area contributed by atoms with E-state index in [0.717, 1.165) is 4.90 Å². The Bertz CT molecular complexity index is 1490. The molecule has 2 aliphatic rings. The second-order valence-corrected chi connectivity index (χ2v) is 12.4. The number of β-lactam (4-membered cyclic amide) rings is 1. The minimum Gasteiger partial charge on any atom is -0.506 e. The summed E-state index contributed by atoms with van der Waals surface area (Å²) in [6.45, 7) is 4.42. The largest absolute Gasteiger partial charge is 0.506 e. The van der Waals surface area contributed by atoms with E-state index in [4.69, 9.17) is 21.2 Å². The lowest BCUT2D eigenvalue weighted by Crippen LogP contribution is -2.71. The number of aromatic nitrogens is 4. The zero-order chi connectivity index (χ0) is 30.8. The van der Waals surface area contributed by atoms with E-state index in [0.29, 0.717) is 10.7 Å². The Morgan fingerprint density at radius 2 is 2.05 bits per heavy atom. The molecule has 224 valence electrons. The second kappa shape index (κ2) is 12.6. The van der Waals surface area contributed by atoms with Crippen LogP contribution in [0.1, 0.15) is 26.3 Å². The number of hydrogen-bond acceptors (Lipinski definition) is 13. The number of carboxylic acid groups (broad SMARTS) is 1. The number of ether oxygens (including phenoxy) is 1. The van der Waals surface area contributed by atoms with E-state index >= 15 is 0 Å². The fraction of sp³-hybridized carbons (Fsp3) is 0.417. The van der Waals surface area contributed by atoms with Gasteiger partial charge in [0, 0.05) is 24.1 Å². The zero-order valence-corrected chi connectivity index (χ0v) is 25.1. The Morgan fingerprint density at radius 1 is 1.31 bits per heavy atom. The van der Waals surface area contributed by atoms with Crippen molar-refractivity contribution in [2.45, 2.75) is 42.9 Å². The molecule has 18 heteroatoms. The first-order valence-corrected chi connectivity index (χ1v) is 14.6. The molecule has 1 fully saturated rings. The lowest BCUT2D eigenvalue weighted by Gasteiger charge is -2.49. The van der Waals surface area contributed by atoms with E-state index in [1.807, 2.05) is 0 Å². The number of hydrogen-bond donors (Lipinski definition) is 3. The maximum absolute atomic E-state index is 13.3. The monoisotopic (exact) mass is 639 g/mol. The van der Waals surface area contributed by atoms with Crippen LogP contribution in [-0.2, 0) is 35.8 Å². The maximum atomic E-state index is 13.3. The number of esters is 1. The summed E-state index contributed by atoms with van der Waals surface area (Å²) in [6, 6.07) is 2.78. The predicted molar refractivity (Wildman–Crippen MR) is 151 cm³/mol. The Balaban J connectivity index is 1.50. The van der Waals surface area contributed by atoms with Gasteiger partial charge in [0.2, 0.25) is 11.8 Å². The molecule has 1 aromatic carbocycles. The predicted octanol–water partition coefficient (Wildman–Crippen LogP) is 1.16. The summed E-state index contributed by atoms with van der Waals surface area (Å²) in [7, 11) is 1.65. The molecule has 0 radical (unpaired) electrons. The molecular formula is C24H26ClN7O8S2. The number of aryl methyl sites for hydroxylation is 1. The summed E-state index contributed by atoms with van der Waals surface area (Å²) in [4.78, 5) is 56.9. The molecule has 0 bridgehead atoms. The number of benzene rings is 1. The average Bonchev–Trinajstić information content (AvgIpc) is 3.32. The Labute approximate surface area is 252 Å². The Morgan fingerprint density at radius 3 is 2.67 bits per heavy atom. The van der Waals surface area contributed by atoms with Gasteiger partial charge >= 0.3 is 11.9 Å². The van der Waals surface area contributed by atoms with Crippen molar-refractivity contribution < 1.29 is 39.0 Å². The SMILES string of the molecule is Cn1nnnc1SCC1=C(C(=O)O)N2C(=O)C(NC(=O)/C(=N\OCC(=O)OC(C)(C)C)c3ccc(O)c(Cl)c3)[C@H]2SC1. The van der Waals surface area contributed by atoms with E-state index in [9.17, 15) is 29.4 Å². The highest BCUT2D eigenvalue weighted by molar-refractivity contribution is 8.01. The highest BCUT2D eigenvalue weighted by atomic mass is 35.5. The summed E-state index contributed by atoms with van der Waals surface area (Å²) in [5.74, 6) is -3.19. The molecule has 2 aromatic rings. The summed E-state index contributed by atoms with van der Waals surface area (Å²) in [6.07, 6.45) is 0. The zero-order valence-electron chi connectivity index (χ0n) is 22.7. The van der Waals surface area contributed by atoms with Crippen molar-refractivity contribution in [1.29, 1.82) is 0 Å². The van der Waals surface area contributed by atoms with Gasteiger partial charge in [-0.05, 0) is 55.0 Å². The van der Waals surface area contributed by atoms with E-state index < -0.39 is 47.4 Å². The third kappa shape index (κ3) is 6.96. The van der Waals surface area contributed by atoms with Crippen LogP contribution in [-0.4, -0.2) is 99.9 Å². The summed E-state index contributed by atoms with van der Waals surface area (Å²) >= 11 is 8.53. The van der Waals surface area contributed by atoms with E-state index in [-0.39, 0.29) is 39.3 Å². The van der Waals surface area contributed by atoms with Crippen molar-refractivity contribution in [3.63, 3.8) is 0 Å². The number of carbonyl (C=O) groups excluding carboxylic acids is 3. The highest BCUT2D eigenvalue weighted by Gasteiger charge is 2.54. The normalized spacial score (nSPS) is 18.7. The quantitative estimate of drug-likeness (QED) is 0.110. The van der Waals surface area contributed by atoms with E-state index in [1.165, 1.54) is 46.4 Å². The molecule has 0 spiro atoms. The van der Waals surface area contributed by atoms with Gasteiger partial charge in [0.15, 0.2) is 5.71 Å². The number of nitrogens with one attached hydrogen (secondary N) is 1. The van der Waals surface area contributed by atoms with Crippen molar-refractivity contribution in [1.82, 2.24) is 30.4 Å². The number of carboxylic acids is 1. The summed E-state index contributed by atoms with van der Waals surface area (Å²) in [5.41, 5.74) is -0.626. The van der Waals surface area contributed by atoms with Gasteiger partial charge in [-0.15, -0.1) is 16.9 Å². The molecule has 2 aliphatic heterocycles. The van der Waals surface area contributed by atoms with Crippen LogP contribution >= 0.6 is 35.1 Å². The fourth-order valence-electron chi connectivity index (χ4n) is 3.90. The minimum atomic E-state index is -1.28. The Kier molecular flexibility index (Phi) is 9.32. The van der Waals surface area contributed by atoms with Gasteiger partial charge in [-0.2, -0.15) is 0 Å². The number of fused-ring (bicyclic) bond motifs is 1. The molecule has 0 aliphatic carbocycles. The first-order valence-electron chi connectivity index (χ1n) is 12.2. The van der Waals surface area contributed by atoms with Crippen LogP contribution in [0.25, 0.3) is 0 Å². The third-order valence-electron chi connectivity index (χ3n) is 5.69. The number of phenols is 1. The summed E-state index contributed by atoms with van der Waals surface area (Å²) in [5, 5.41) is 37.0. The number of nitrogens with zero attached hydrogens (tertiary/aromatic N) is 6. The topological polar surface area (TPSA) is 198 Å². The molecule has 4 rings (SSSR count). The first-order chi connectivity index (χ1) is 19.8. The number of amides is 2. The molecule has 42 heavy (non-hydrogen) atoms. The van der Waals surface area contributed by atoms with Gasteiger partial charge in [-0.25, -0.2) is 14.3 Å². The van der Waals surface area contributed by atoms with Gasteiger partial charge in [0.1, 0.15) is 28.5 Å². The molecule has 1 unspecified atom stereocenters. The smallest absolute Gasteiger partial charge is 0.352 e. The van der Waals surface area contributed by atoms with Gasteiger partial charge in [0.25, 0.3) is 11.8 Å². The van der Waals surface area contributed by atoms with Crippen molar-refractivity contribution in [3.05, 3.63) is 40.1 Å². The minimum absolute atomic E-state index is 0.0763. The van der Waals surface area contributed by atoms with Crippen molar-refractivity contribution >= 4 is 64.6 Å².